The first kappa shape index (κ1) is 26.1. The average molecular weight is 597 g/mol. The van der Waals surface area contributed by atoms with E-state index >= 15 is 0 Å². The highest BCUT2D eigenvalue weighted by Gasteiger charge is 2.36. The van der Waals surface area contributed by atoms with Crippen LogP contribution in [0.5, 0.6) is 0 Å². The van der Waals surface area contributed by atoms with Crippen molar-refractivity contribution in [2.45, 2.75) is 19.3 Å². The summed E-state index contributed by atoms with van der Waals surface area (Å²) in [5, 5.41) is 4.80. The number of thiophene rings is 1. The molecule has 0 radical (unpaired) electrons. The van der Waals surface area contributed by atoms with Gasteiger partial charge in [-0.25, -0.2) is 15.0 Å². The van der Waals surface area contributed by atoms with Gasteiger partial charge in [0.2, 0.25) is 0 Å². The van der Waals surface area contributed by atoms with Gasteiger partial charge in [-0.15, -0.1) is 11.3 Å². The number of para-hydroxylation sites is 1. The fourth-order valence-corrected chi connectivity index (χ4v) is 7.83. The Morgan fingerprint density at radius 2 is 1.11 bits per heavy atom. The van der Waals surface area contributed by atoms with E-state index in [1.165, 1.54) is 49.1 Å². The summed E-state index contributed by atoms with van der Waals surface area (Å²) in [5.74, 6) is 2.02. The first-order chi connectivity index (χ1) is 22.1. The predicted molar refractivity (Wildman–Crippen MR) is 186 cm³/mol. The molecule has 1 aliphatic rings. The van der Waals surface area contributed by atoms with E-state index < -0.39 is 0 Å². The Morgan fingerprint density at radius 1 is 0.533 bits per heavy atom. The highest BCUT2D eigenvalue weighted by atomic mass is 32.1. The standard InChI is InChI=1S/C40H28N4S/c1-40(2)33-23-27(38-42-36(25-11-5-3-6-12-25)41-37(43-38)26-13-7-4-8-14-26)17-19-29(33)30-20-18-28(24-34(30)40)44-35-16-10-9-15-31(35)32-21-22-45-39(32)44/h3-24H,1-2H3. The third-order valence-electron chi connectivity index (χ3n) is 9.16. The Labute approximate surface area is 265 Å². The van der Waals surface area contributed by atoms with Gasteiger partial charge in [0.05, 0.1) is 5.52 Å². The van der Waals surface area contributed by atoms with Crippen LogP contribution in [0.15, 0.2) is 133 Å². The van der Waals surface area contributed by atoms with E-state index in [0.717, 1.165) is 16.7 Å². The van der Waals surface area contributed by atoms with Crippen molar-refractivity contribution in [1.29, 1.82) is 0 Å². The molecule has 5 heteroatoms. The predicted octanol–water partition coefficient (Wildman–Crippen LogP) is 10.3. The molecule has 0 amide bonds. The summed E-state index contributed by atoms with van der Waals surface area (Å²) in [4.78, 5) is 16.2. The maximum Gasteiger partial charge on any atom is 0.164 e. The second-order valence-electron chi connectivity index (χ2n) is 12.1. The molecule has 0 N–H and O–H groups in total. The lowest BCUT2D eigenvalue weighted by Crippen LogP contribution is -2.15. The molecule has 0 fully saturated rings. The number of hydrogen-bond donors (Lipinski definition) is 0. The lowest BCUT2D eigenvalue weighted by molar-refractivity contribution is 0.660. The zero-order chi connectivity index (χ0) is 30.1. The van der Waals surface area contributed by atoms with Crippen molar-refractivity contribution in [2.75, 3.05) is 0 Å². The van der Waals surface area contributed by atoms with Gasteiger partial charge < -0.3 is 4.57 Å². The van der Waals surface area contributed by atoms with Crippen molar-refractivity contribution >= 4 is 32.5 Å². The Bertz CT molecular complexity index is 2340. The van der Waals surface area contributed by atoms with E-state index in [1.807, 2.05) is 60.7 Å². The van der Waals surface area contributed by atoms with Crippen molar-refractivity contribution in [3.8, 4) is 51.0 Å². The van der Waals surface area contributed by atoms with Crippen LogP contribution in [0.3, 0.4) is 0 Å². The lowest BCUT2D eigenvalue weighted by atomic mass is 9.82. The van der Waals surface area contributed by atoms with Gasteiger partial charge in [0.1, 0.15) is 4.83 Å². The number of aromatic nitrogens is 4. The number of fused-ring (bicyclic) bond motifs is 6. The molecular weight excluding hydrogens is 569 g/mol. The number of nitrogens with zero attached hydrogens (tertiary/aromatic N) is 4. The van der Waals surface area contributed by atoms with Crippen molar-refractivity contribution < 1.29 is 0 Å². The van der Waals surface area contributed by atoms with E-state index in [9.17, 15) is 0 Å². The molecule has 0 saturated heterocycles. The summed E-state index contributed by atoms with van der Waals surface area (Å²) in [6, 6.07) is 44.9. The van der Waals surface area contributed by atoms with Gasteiger partial charge in [-0.1, -0.05) is 111 Å². The largest absolute Gasteiger partial charge is 0.301 e. The Kier molecular flexibility index (Phi) is 5.68. The van der Waals surface area contributed by atoms with Crippen LogP contribution < -0.4 is 0 Å². The highest BCUT2D eigenvalue weighted by Crippen LogP contribution is 2.50. The molecule has 9 rings (SSSR count). The van der Waals surface area contributed by atoms with Crippen molar-refractivity contribution in [3.63, 3.8) is 0 Å². The van der Waals surface area contributed by atoms with Crippen LogP contribution in [0, 0.1) is 0 Å². The molecule has 4 nitrogen and oxygen atoms in total. The third kappa shape index (κ3) is 4.01. The zero-order valence-electron chi connectivity index (χ0n) is 24.9. The maximum atomic E-state index is 5.00. The fraction of sp³-hybridized carbons (Fsp3) is 0.0750. The van der Waals surface area contributed by atoms with Crippen molar-refractivity contribution in [3.05, 3.63) is 144 Å². The van der Waals surface area contributed by atoms with Crippen LogP contribution in [0.4, 0.5) is 0 Å². The van der Waals surface area contributed by atoms with Gasteiger partial charge in [-0.2, -0.15) is 0 Å². The summed E-state index contributed by atoms with van der Waals surface area (Å²) < 4.78 is 2.42. The van der Waals surface area contributed by atoms with Gasteiger partial charge in [0, 0.05) is 38.6 Å². The summed E-state index contributed by atoms with van der Waals surface area (Å²) in [6.45, 7) is 4.66. The molecule has 3 aromatic heterocycles. The van der Waals surface area contributed by atoms with Crippen LogP contribution in [-0.4, -0.2) is 19.5 Å². The van der Waals surface area contributed by atoms with Crippen molar-refractivity contribution in [2.24, 2.45) is 0 Å². The summed E-state index contributed by atoms with van der Waals surface area (Å²) in [6.07, 6.45) is 0. The number of hydrogen-bond acceptors (Lipinski definition) is 4. The molecule has 0 bridgehead atoms. The smallest absolute Gasteiger partial charge is 0.164 e. The molecule has 5 aromatic carbocycles. The molecule has 1 aliphatic carbocycles. The molecular formula is C40H28N4S. The Balaban J connectivity index is 1.18. The minimum absolute atomic E-state index is 0.203. The Hall–Kier alpha value is -5.39. The molecule has 0 saturated carbocycles. The van der Waals surface area contributed by atoms with Crippen LogP contribution in [0.25, 0.3) is 72.1 Å². The van der Waals surface area contributed by atoms with Gasteiger partial charge in [-0.3, -0.25) is 0 Å². The minimum Gasteiger partial charge on any atom is -0.301 e. The second-order valence-corrected chi connectivity index (χ2v) is 13.0. The summed E-state index contributed by atoms with van der Waals surface area (Å²) in [5.41, 5.74) is 10.3. The number of rotatable bonds is 4. The van der Waals surface area contributed by atoms with E-state index in [-0.39, 0.29) is 5.41 Å². The Morgan fingerprint density at radius 3 is 1.80 bits per heavy atom. The van der Waals surface area contributed by atoms with Crippen LogP contribution in [0.2, 0.25) is 0 Å². The van der Waals surface area contributed by atoms with E-state index in [1.54, 1.807) is 11.3 Å². The normalized spacial score (nSPS) is 13.3. The van der Waals surface area contributed by atoms with E-state index in [2.05, 4.69) is 90.5 Å². The maximum absolute atomic E-state index is 5.00. The molecule has 0 unspecified atom stereocenters. The highest BCUT2D eigenvalue weighted by molar-refractivity contribution is 7.17. The average Bonchev–Trinajstić information content (AvgIpc) is 3.75. The third-order valence-corrected chi connectivity index (χ3v) is 10.1. The van der Waals surface area contributed by atoms with Crippen molar-refractivity contribution in [1.82, 2.24) is 19.5 Å². The number of benzene rings is 5. The minimum atomic E-state index is -0.203. The van der Waals surface area contributed by atoms with Gasteiger partial charge in [0.25, 0.3) is 0 Å². The molecule has 3 heterocycles. The quantitative estimate of drug-likeness (QED) is 0.203. The SMILES string of the molecule is CC1(C)c2cc(-c3nc(-c4ccccc4)nc(-c4ccccc4)n3)ccc2-c2ccc(-n3c4ccccc4c4ccsc43)cc21. The van der Waals surface area contributed by atoms with Crippen LogP contribution in [0.1, 0.15) is 25.0 Å². The monoisotopic (exact) mass is 596 g/mol. The summed E-state index contributed by atoms with van der Waals surface area (Å²) >= 11 is 1.80. The molecule has 214 valence electrons. The molecule has 0 spiro atoms. The molecule has 8 aromatic rings. The fourth-order valence-electron chi connectivity index (χ4n) is 6.88. The van der Waals surface area contributed by atoms with E-state index in [0.29, 0.717) is 17.5 Å². The molecule has 0 atom stereocenters. The summed E-state index contributed by atoms with van der Waals surface area (Å²) in [7, 11) is 0. The second kappa shape index (κ2) is 9.81. The molecule has 45 heavy (non-hydrogen) atoms. The first-order valence-electron chi connectivity index (χ1n) is 15.2. The zero-order valence-corrected chi connectivity index (χ0v) is 25.7. The van der Waals surface area contributed by atoms with Gasteiger partial charge in [0.15, 0.2) is 17.5 Å². The van der Waals surface area contributed by atoms with Crippen LogP contribution in [-0.2, 0) is 5.41 Å². The van der Waals surface area contributed by atoms with Gasteiger partial charge >= 0.3 is 0 Å². The first-order valence-corrected chi connectivity index (χ1v) is 16.1. The van der Waals surface area contributed by atoms with Gasteiger partial charge in [-0.05, 0) is 58.0 Å². The lowest BCUT2D eigenvalue weighted by Gasteiger charge is -2.23. The van der Waals surface area contributed by atoms with Crippen LogP contribution >= 0.6 is 11.3 Å². The topological polar surface area (TPSA) is 43.6 Å². The molecule has 0 aliphatic heterocycles. The van der Waals surface area contributed by atoms with E-state index in [4.69, 9.17) is 15.0 Å².